The number of amides is 1. The van der Waals surface area contributed by atoms with Gasteiger partial charge in [-0.3, -0.25) is 4.79 Å². The first-order chi connectivity index (χ1) is 12.5. The highest BCUT2D eigenvalue weighted by Gasteiger charge is 2.38. The van der Waals surface area contributed by atoms with Gasteiger partial charge < -0.3 is 9.73 Å². The third-order valence-corrected chi connectivity index (χ3v) is 6.31. The van der Waals surface area contributed by atoms with Gasteiger partial charge in [-0.1, -0.05) is 19.4 Å². The molecule has 1 N–H and O–H groups in total. The number of rotatable bonds is 7. The predicted octanol–water partition coefficient (Wildman–Crippen LogP) is 2.27. The van der Waals surface area contributed by atoms with Crippen molar-refractivity contribution in [2.45, 2.75) is 38.6 Å². The van der Waals surface area contributed by atoms with E-state index in [0.29, 0.717) is 42.9 Å². The minimum atomic E-state index is -3.41. The van der Waals surface area contributed by atoms with Crippen LogP contribution in [0.1, 0.15) is 32.6 Å². The van der Waals surface area contributed by atoms with Crippen molar-refractivity contribution in [2.24, 2.45) is 0 Å². The topological polar surface area (TPSA) is 105 Å². The Hall–Kier alpha value is -2.26. The Kier molecular flexibility index (Phi) is 5.67. The van der Waals surface area contributed by atoms with Crippen molar-refractivity contribution >= 4 is 21.6 Å². The van der Waals surface area contributed by atoms with Gasteiger partial charge in [0.2, 0.25) is 28.2 Å². The summed E-state index contributed by atoms with van der Waals surface area (Å²) < 4.78 is 31.5. The van der Waals surface area contributed by atoms with Crippen molar-refractivity contribution in [1.29, 1.82) is 0 Å². The maximum absolute atomic E-state index is 12.7. The summed E-state index contributed by atoms with van der Waals surface area (Å²) in [5.41, 5.74) is 1.24. The van der Waals surface area contributed by atoms with Crippen LogP contribution in [-0.4, -0.2) is 47.2 Å². The van der Waals surface area contributed by atoms with E-state index in [1.807, 2.05) is 6.92 Å². The number of carbonyl (C=O) groups is 1. The van der Waals surface area contributed by atoms with Crippen LogP contribution in [-0.2, 0) is 14.8 Å². The third-order valence-electron chi connectivity index (χ3n) is 4.36. The number of aromatic nitrogens is 2. The molecule has 1 unspecified atom stereocenters. The molecular formula is C17H22N4O4S. The van der Waals surface area contributed by atoms with E-state index >= 15 is 0 Å². The van der Waals surface area contributed by atoms with E-state index in [1.54, 1.807) is 24.3 Å². The molecule has 2 aromatic rings. The lowest BCUT2D eigenvalue weighted by Gasteiger charge is -2.23. The van der Waals surface area contributed by atoms with Gasteiger partial charge in [-0.25, -0.2) is 8.42 Å². The first-order valence-electron chi connectivity index (χ1n) is 8.68. The van der Waals surface area contributed by atoms with Crippen molar-refractivity contribution in [2.75, 3.05) is 17.6 Å². The number of sulfonamides is 1. The molecule has 140 valence electrons. The number of nitrogens with one attached hydrogen (secondary N) is 1. The quantitative estimate of drug-likeness (QED) is 0.792. The number of carbonyl (C=O) groups excluding carboxylic acids is 1. The number of unbranched alkanes of at least 4 members (excludes halogenated alkanes) is 1. The zero-order valence-electron chi connectivity index (χ0n) is 14.6. The fourth-order valence-electron chi connectivity index (χ4n) is 3.03. The normalized spacial score (nSPS) is 18.1. The van der Waals surface area contributed by atoms with Crippen LogP contribution in [0.3, 0.4) is 0 Å². The maximum atomic E-state index is 12.7. The highest BCUT2D eigenvalue weighted by atomic mass is 32.2. The number of benzene rings is 1. The van der Waals surface area contributed by atoms with Crippen LogP contribution in [0.15, 0.2) is 35.1 Å². The minimum Gasteiger partial charge on any atom is -0.423 e. The van der Waals surface area contributed by atoms with Crippen LogP contribution in [0.5, 0.6) is 0 Å². The summed E-state index contributed by atoms with van der Waals surface area (Å²) in [7, 11) is -3.41. The van der Waals surface area contributed by atoms with Crippen molar-refractivity contribution in [3.05, 3.63) is 30.7 Å². The second-order valence-electron chi connectivity index (χ2n) is 6.25. The average Bonchev–Trinajstić information content (AvgIpc) is 3.32. The van der Waals surface area contributed by atoms with Gasteiger partial charge in [0.1, 0.15) is 6.04 Å². The molecule has 1 atom stereocenters. The molecule has 8 nitrogen and oxygen atoms in total. The van der Waals surface area contributed by atoms with E-state index in [0.717, 1.165) is 6.42 Å². The van der Waals surface area contributed by atoms with E-state index in [9.17, 15) is 13.2 Å². The van der Waals surface area contributed by atoms with Crippen molar-refractivity contribution in [3.8, 4) is 11.5 Å². The molecule has 1 amide bonds. The fraction of sp³-hybridized carbons (Fsp3) is 0.471. The zero-order valence-corrected chi connectivity index (χ0v) is 15.4. The molecule has 26 heavy (non-hydrogen) atoms. The van der Waals surface area contributed by atoms with Crippen LogP contribution in [0.25, 0.3) is 11.5 Å². The Labute approximate surface area is 152 Å². The minimum absolute atomic E-state index is 0.0833. The third kappa shape index (κ3) is 4.10. The van der Waals surface area contributed by atoms with E-state index < -0.39 is 16.1 Å². The molecule has 1 aromatic heterocycles. The van der Waals surface area contributed by atoms with Gasteiger partial charge in [0.25, 0.3) is 0 Å². The van der Waals surface area contributed by atoms with Gasteiger partial charge in [0, 0.05) is 17.8 Å². The number of anilines is 1. The summed E-state index contributed by atoms with van der Waals surface area (Å²) in [5.74, 6) is 0.121. The molecule has 1 saturated heterocycles. The Morgan fingerprint density at radius 1 is 1.42 bits per heavy atom. The summed E-state index contributed by atoms with van der Waals surface area (Å²) in [6.07, 6.45) is 3.84. The number of nitrogens with zero attached hydrogens (tertiary/aromatic N) is 3. The fourth-order valence-corrected chi connectivity index (χ4v) is 4.92. The second kappa shape index (κ2) is 7.96. The molecular weight excluding hydrogens is 356 g/mol. The summed E-state index contributed by atoms with van der Waals surface area (Å²) >= 11 is 0. The van der Waals surface area contributed by atoms with Crippen LogP contribution >= 0.6 is 0 Å². The van der Waals surface area contributed by atoms with Gasteiger partial charge in [-0.05, 0) is 37.5 Å². The zero-order chi connectivity index (χ0) is 18.6. The molecule has 0 aliphatic carbocycles. The summed E-state index contributed by atoms with van der Waals surface area (Å²) in [5, 5.41) is 10.3. The molecule has 1 aromatic carbocycles. The maximum Gasteiger partial charge on any atom is 0.247 e. The van der Waals surface area contributed by atoms with Gasteiger partial charge in [0.15, 0.2) is 0 Å². The molecule has 0 bridgehead atoms. The lowest BCUT2D eigenvalue weighted by Crippen LogP contribution is -2.44. The Bertz CT molecular complexity index is 851. The SMILES string of the molecule is CCCCS(=O)(=O)N1CCCC1C(=O)Nc1cccc(-c2nnco2)c1. The van der Waals surface area contributed by atoms with E-state index in [-0.39, 0.29) is 11.7 Å². The monoisotopic (exact) mass is 378 g/mol. The lowest BCUT2D eigenvalue weighted by molar-refractivity contribution is -0.119. The van der Waals surface area contributed by atoms with Crippen molar-refractivity contribution in [1.82, 2.24) is 14.5 Å². The summed E-state index contributed by atoms with van der Waals surface area (Å²) in [6, 6.07) is 6.35. The Morgan fingerprint density at radius 2 is 2.27 bits per heavy atom. The second-order valence-corrected chi connectivity index (χ2v) is 8.29. The van der Waals surface area contributed by atoms with Gasteiger partial charge in [-0.2, -0.15) is 4.31 Å². The molecule has 3 rings (SSSR count). The number of hydrogen-bond acceptors (Lipinski definition) is 6. The summed E-state index contributed by atoms with van der Waals surface area (Å²) in [4.78, 5) is 12.7. The van der Waals surface area contributed by atoms with Crippen LogP contribution in [0, 0.1) is 0 Å². The van der Waals surface area contributed by atoms with Gasteiger partial charge in [0.05, 0.1) is 5.75 Å². The molecule has 1 aliphatic heterocycles. The first kappa shape index (κ1) is 18.5. The molecule has 0 spiro atoms. The predicted molar refractivity (Wildman–Crippen MR) is 96.8 cm³/mol. The average molecular weight is 378 g/mol. The van der Waals surface area contributed by atoms with E-state index in [4.69, 9.17) is 4.42 Å². The molecule has 1 aliphatic rings. The lowest BCUT2D eigenvalue weighted by atomic mass is 10.1. The van der Waals surface area contributed by atoms with E-state index in [1.165, 1.54) is 10.7 Å². The van der Waals surface area contributed by atoms with Crippen molar-refractivity contribution < 1.29 is 17.6 Å². The van der Waals surface area contributed by atoms with E-state index in [2.05, 4.69) is 15.5 Å². The molecule has 9 heteroatoms. The van der Waals surface area contributed by atoms with Crippen LogP contribution < -0.4 is 5.32 Å². The van der Waals surface area contributed by atoms with Crippen LogP contribution in [0.2, 0.25) is 0 Å². The van der Waals surface area contributed by atoms with Gasteiger partial charge >= 0.3 is 0 Å². The van der Waals surface area contributed by atoms with Crippen molar-refractivity contribution in [3.63, 3.8) is 0 Å². The first-order valence-corrected chi connectivity index (χ1v) is 10.3. The largest absolute Gasteiger partial charge is 0.423 e. The standard InChI is InChI=1S/C17H22N4O4S/c1-2-3-10-26(23,24)21-9-5-8-15(21)16(22)19-14-7-4-6-13(11-14)17-20-18-12-25-17/h4,6-7,11-12,15H,2-3,5,8-10H2,1H3,(H,19,22). The van der Waals surface area contributed by atoms with Gasteiger partial charge in [-0.15, -0.1) is 10.2 Å². The highest BCUT2D eigenvalue weighted by Crippen LogP contribution is 2.25. The smallest absolute Gasteiger partial charge is 0.247 e. The van der Waals surface area contributed by atoms with Crippen LogP contribution in [0.4, 0.5) is 5.69 Å². The summed E-state index contributed by atoms with van der Waals surface area (Å²) in [6.45, 7) is 2.34. The highest BCUT2D eigenvalue weighted by molar-refractivity contribution is 7.89. The molecule has 0 saturated carbocycles. The molecule has 0 radical (unpaired) electrons. The Balaban J connectivity index is 1.72. The number of hydrogen-bond donors (Lipinski definition) is 1. The molecule has 2 heterocycles. The molecule has 1 fully saturated rings. The Morgan fingerprint density at radius 3 is 3.00 bits per heavy atom.